The lowest BCUT2D eigenvalue weighted by molar-refractivity contribution is -0.134. The molecule has 0 bridgehead atoms. The van der Waals surface area contributed by atoms with E-state index in [-0.39, 0.29) is 19.0 Å². The van der Waals surface area contributed by atoms with Crippen molar-refractivity contribution in [1.82, 2.24) is 9.21 Å². The first-order chi connectivity index (χ1) is 10.6. The van der Waals surface area contributed by atoms with Crippen LogP contribution < -0.4 is 5.32 Å². The van der Waals surface area contributed by atoms with Crippen LogP contribution in [0.4, 0.5) is 10.1 Å². The Hall–Kier alpha value is -1.67. The molecule has 1 aromatic carbocycles. The molecule has 6 nitrogen and oxygen atoms in total. The second kappa shape index (κ2) is 6.45. The SMILES string of the molecule is CN(C)C(=O)C1(Nc2cccc(F)c2)CCN(S(C)(=O)=O)CC1. The predicted molar refractivity (Wildman–Crippen MR) is 87.1 cm³/mol. The highest BCUT2D eigenvalue weighted by atomic mass is 32.2. The van der Waals surface area contributed by atoms with Crippen LogP contribution in [0.5, 0.6) is 0 Å². The van der Waals surface area contributed by atoms with Gasteiger partial charge in [-0.15, -0.1) is 0 Å². The van der Waals surface area contributed by atoms with E-state index in [4.69, 9.17) is 0 Å². The number of rotatable bonds is 4. The third-order valence-corrected chi connectivity index (χ3v) is 5.37. The average Bonchev–Trinajstić information content (AvgIpc) is 2.46. The summed E-state index contributed by atoms with van der Waals surface area (Å²) in [6.45, 7) is 0.501. The van der Waals surface area contributed by atoms with E-state index >= 15 is 0 Å². The summed E-state index contributed by atoms with van der Waals surface area (Å²) >= 11 is 0. The van der Waals surface area contributed by atoms with Gasteiger partial charge in [0.1, 0.15) is 11.4 Å². The van der Waals surface area contributed by atoms with Crippen molar-refractivity contribution in [3.63, 3.8) is 0 Å². The zero-order chi connectivity index (χ0) is 17.3. The van der Waals surface area contributed by atoms with E-state index in [9.17, 15) is 17.6 Å². The summed E-state index contributed by atoms with van der Waals surface area (Å²) < 4.78 is 38.1. The molecule has 2 rings (SSSR count). The number of nitrogens with one attached hydrogen (secondary N) is 1. The number of amides is 1. The van der Waals surface area contributed by atoms with Gasteiger partial charge in [-0.25, -0.2) is 17.1 Å². The molecular formula is C15H22FN3O3S. The van der Waals surface area contributed by atoms with Gasteiger partial charge in [-0.1, -0.05) is 6.07 Å². The lowest BCUT2D eigenvalue weighted by Crippen LogP contribution is -2.58. The lowest BCUT2D eigenvalue weighted by Gasteiger charge is -2.42. The van der Waals surface area contributed by atoms with E-state index in [0.29, 0.717) is 18.5 Å². The highest BCUT2D eigenvalue weighted by molar-refractivity contribution is 7.88. The Bertz CT molecular complexity index is 683. The molecule has 0 aromatic heterocycles. The number of hydrogen-bond donors (Lipinski definition) is 1. The van der Waals surface area contributed by atoms with Crippen molar-refractivity contribution in [3.05, 3.63) is 30.1 Å². The molecule has 0 spiro atoms. The predicted octanol–water partition coefficient (Wildman–Crippen LogP) is 1.12. The minimum atomic E-state index is -3.28. The Morgan fingerprint density at radius 3 is 2.39 bits per heavy atom. The van der Waals surface area contributed by atoms with E-state index in [0.717, 1.165) is 6.26 Å². The minimum absolute atomic E-state index is 0.144. The third-order valence-electron chi connectivity index (χ3n) is 4.07. The summed E-state index contributed by atoms with van der Waals surface area (Å²) in [7, 11) is 0.0252. The number of anilines is 1. The first-order valence-corrected chi connectivity index (χ1v) is 9.19. The first-order valence-electron chi connectivity index (χ1n) is 7.35. The molecule has 1 fully saturated rings. The van der Waals surface area contributed by atoms with Crippen LogP contribution in [-0.2, 0) is 14.8 Å². The van der Waals surface area contributed by atoms with Crippen molar-refractivity contribution in [2.24, 2.45) is 0 Å². The molecule has 0 unspecified atom stereocenters. The van der Waals surface area contributed by atoms with Crippen molar-refractivity contribution < 1.29 is 17.6 Å². The molecule has 1 amide bonds. The Morgan fingerprint density at radius 2 is 1.91 bits per heavy atom. The standard InChI is InChI=1S/C15H22FN3O3S/c1-18(2)14(20)15(17-13-6-4-5-12(16)11-13)7-9-19(10-8-15)23(3,21)22/h4-6,11,17H,7-10H2,1-3H3. The molecule has 128 valence electrons. The van der Waals surface area contributed by atoms with Gasteiger partial charge in [-0.2, -0.15) is 0 Å². The number of hydrogen-bond acceptors (Lipinski definition) is 4. The highest BCUT2D eigenvalue weighted by Gasteiger charge is 2.43. The highest BCUT2D eigenvalue weighted by Crippen LogP contribution is 2.30. The van der Waals surface area contributed by atoms with Crippen molar-refractivity contribution in [3.8, 4) is 0 Å². The molecule has 0 saturated carbocycles. The molecule has 1 aliphatic rings. The van der Waals surface area contributed by atoms with E-state index in [1.807, 2.05) is 0 Å². The maximum absolute atomic E-state index is 13.4. The monoisotopic (exact) mass is 343 g/mol. The number of sulfonamides is 1. The van der Waals surface area contributed by atoms with Crippen LogP contribution in [-0.4, -0.2) is 62.5 Å². The lowest BCUT2D eigenvalue weighted by atomic mass is 9.86. The molecule has 1 N–H and O–H groups in total. The zero-order valence-corrected chi connectivity index (χ0v) is 14.4. The van der Waals surface area contributed by atoms with Crippen LogP contribution in [0.1, 0.15) is 12.8 Å². The summed E-state index contributed by atoms with van der Waals surface area (Å²) in [6, 6.07) is 5.92. The second-order valence-corrected chi connectivity index (χ2v) is 8.06. The zero-order valence-electron chi connectivity index (χ0n) is 13.5. The maximum atomic E-state index is 13.4. The Labute approximate surface area is 136 Å². The Morgan fingerprint density at radius 1 is 1.30 bits per heavy atom. The molecule has 23 heavy (non-hydrogen) atoms. The molecule has 0 radical (unpaired) electrons. The average molecular weight is 343 g/mol. The van der Waals surface area contributed by atoms with Crippen LogP contribution in [0.25, 0.3) is 0 Å². The van der Waals surface area contributed by atoms with Gasteiger partial charge >= 0.3 is 0 Å². The van der Waals surface area contributed by atoms with Gasteiger partial charge in [0, 0.05) is 32.9 Å². The van der Waals surface area contributed by atoms with Gasteiger partial charge in [-0.05, 0) is 31.0 Å². The smallest absolute Gasteiger partial charge is 0.247 e. The fraction of sp³-hybridized carbons (Fsp3) is 0.533. The van der Waals surface area contributed by atoms with Crippen LogP contribution >= 0.6 is 0 Å². The number of benzene rings is 1. The van der Waals surface area contributed by atoms with Crippen LogP contribution in [0, 0.1) is 5.82 Å². The summed E-state index contributed by atoms with van der Waals surface area (Å²) in [6.07, 6.45) is 1.81. The number of likely N-dealkylation sites (N-methyl/N-ethyl adjacent to an activating group) is 1. The largest absolute Gasteiger partial charge is 0.371 e. The van der Waals surface area contributed by atoms with E-state index in [1.165, 1.54) is 21.3 Å². The van der Waals surface area contributed by atoms with E-state index in [1.54, 1.807) is 26.2 Å². The number of piperidine rings is 1. The molecular weight excluding hydrogens is 321 g/mol. The quantitative estimate of drug-likeness (QED) is 0.889. The van der Waals surface area contributed by atoms with Crippen molar-refractivity contribution >= 4 is 21.6 Å². The van der Waals surface area contributed by atoms with Crippen molar-refractivity contribution in [1.29, 1.82) is 0 Å². The number of halogens is 1. The van der Waals surface area contributed by atoms with Gasteiger partial charge in [0.05, 0.1) is 6.26 Å². The van der Waals surface area contributed by atoms with Gasteiger partial charge in [0.25, 0.3) is 0 Å². The van der Waals surface area contributed by atoms with Gasteiger partial charge in [0.2, 0.25) is 15.9 Å². The Kier molecular flexibility index (Phi) is 4.95. The molecule has 1 aromatic rings. The van der Waals surface area contributed by atoms with Crippen molar-refractivity contribution in [2.75, 3.05) is 38.8 Å². The summed E-state index contributed by atoms with van der Waals surface area (Å²) in [5.41, 5.74) is -0.425. The molecule has 1 saturated heterocycles. The van der Waals surface area contributed by atoms with Crippen LogP contribution in [0.2, 0.25) is 0 Å². The number of carbonyl (C=O) groups excluding carboxylic acids is 1. The maximum Gasteiger partial charge on any atom is 0.247 e. The fourth-order valence-corrected chi connectivity index (χ4v) is 3.71. The first kappa shape index (κ1) is 17.7. The van der Waals surface area contributed by atoms with E-state index < -0.39 is 21.4 Å². The number of carbonyl (C=O) groups is 1. The summed E-state index contributed by atoms with van der Waals surface area (Å²) in [4.78, 5) is 14.1. The van der Waals surface area contributed by atoms with Crippen LogP contribution in [0.3, 0.4) is 0 Å². The van der Waals surface area contributed by atoms with Gasteiger partial charge in [-0.3, -0.25) is 4.79 Å². The second-order valence-electron chi connectivity index (χ2n) is 6.08. The normalized spacial score (nSPS) is 18.4. The fourth-order valence-electron chi connectivity index (χ4n) is 2.86. The number of nitrogens with zero attached hydrogens (tertiary/aromatic N) is 2. The van der Waals surface area contributed by atoms with Gasteiger partial charge < -0.3 is 10.2 Å². The summed E-state index contributed by atoms with van der Waals surface area (Å²) in [5.74, 6) is -0.536. The molecule has 1 heterocycles. The van der Waals surface area contributed by atoms with Crippen molar-refractivity contribution in [2.45, 2.75) is 18.4 Å². The third kappa shape index (κ3) is 4.00. The molecule has 0 aliphatic carbocycles. The van der Waals surface area contributed by atoms with E-state index in [2.05, 4.69) is 5.32 Å². The molecule has 0 atom stereocenters. The molecule has 8 heteroatoms. The molecule has 1 aliphatic heterocycles. The van der Waals surface area contributed by atoms with Gasteiger partial charge in [0.15, 0.2) is 0 Å². The summed E-state index contributed by atoms with van der Waals surface area (Å²) in [5, 5.41) is 3.14. The van der Waals surface area contributed by atoms with Crippen LogP contribution in [0.15, 0.2) is 24.3 Å². The Balaban J connectivity index is 2.27. The topological polar surface area (TPSA) is 69.7 Å². The minimum Gasteiger partial charge on any atom is -0.371 e.